The summed E-state index contributed by atoms with van der Waals surface area (Å²) in [6.45, 7) is 12.3. The number of nitrogens with zero attached hydrogens (tertiary/aromatic N) is 2. The molecule has 0 bridgehead atoms. The molecule has 0 aromatic heterocycles. The fourth-order valence-electron chi connectivity index (χ4n) is 2.52. The Morgan fingerprint density at radius 1 is 1.09 bits per heavy atom. The maximum Gasteiger partial charge on any atom is 0.191 e. The van der Waals surface area contributed by atoms with Crippen molar-refractivity contribution in [2.24, 2.45) is 4.99 Å². The van der Waals surface area contributed by atoms with Crippen LogP contribution in [-0.2, 0) is 4.74 Å². The topological polar surface area (TPSA) is 48.9 Å². The van der Waals surface area contributed by atoms with Gasteiger partial charge in [0.15, 0.2) is 5.96 Å². The van der Waals surface area contributed by atoms with Crippen LogP contribution in [0.4, 0.5) is 0 Å². The van der Waals surface area contributed by atoms with Crippen molar-refractivity contribution in [1.29, 1.82) is 0 Å². The molecule has 0 radical (unpaired) electrons. The Kier molecular flexibility index (Phi) is 15.7. The Balaban J connectivity index is 0.00000441. The molecule has 22 heavy (non-hydrogen) atoms. The van der Waals surface area contributed by atoms with Crippen molar-refractivity contribution in [2.45, 2.75) is 46.0 Å². The largest absolute Gasteiger partial charge is 0.382 e. The molecule has 1 saturated heterocycles. The molecule has 0 unspecified atom stereocenters. The first kappa shape index (κ1) is 21.9. The van der Waals surface area contributed by atoms with Gasteiger partial charge in [-0.3, -0.25) is 4.99 Å². The first-order chi connectivity index (χ1) is 10.4. The number of aliphatic imine (C=N–C) groups is 1. The van der Waals surface area contributed by atoms with Crippen LogP contribution in [0, 0.1) is 0 Å². The lowest BCUT2D eigenvalue weighted by atomic mass is 10.3. The Labute approximate surface area is 153 Å². The molecule has 1 rings (SSSR count). The van der Waals surface area contributed by atoms with Gasteiger partial charge in [-0.2, -0.15) is 0 Å². The highest BCUT2D eigenvalue weighted by Gasteiger charge is 2.09. The van der Waals surface area contributed by atoms with Crippen molar-refractivity contribution in [1.82, 2.24) is 15.5 Å². The van der Waals surface area contributed by atoms with Crippen LogP contribution in [0.25, 0.3) is 0 Å². The fourth-order valence-corrected chi connectivity index (χ4v) is 2.52. The second-order valence-electron chi connectivity index (χ2n) is 5.49. The van der Waals surface area contributed by atoms with Crippen LogP contribution in [0.1, 0.15) is 46.0 Å². The van der Waals surface area contributed by atoms with Crippen LogP contribution in [0.2, 0.25) is 0 Å². The van der Waals surface area contributed by atoms with Crippen LogP contribution < -0.4 is 10.6 Å². The van der Waals surface area contributed by atoms with Crippen LogP contribution in [0.15, 0.2) is 4.99 Å². The molecule has 0 aromatic carbocycles. The first-order valence-electron chi connectivity index (χ1n) is 8.69. The normalized spacial score (nSPS) is 15.6. The summed E-state index contributed by atoms with van der Waals surface area (Å²) in [7, 11) is 0. The number of hydrogen-bond acceptors (Lipinski definition) is 3. The second-order valence-corrected chi connectivity index (χ2v) is 5.49. The Bertz CT molecular complexity index is 271. The summed E-state index contributed by atoms with van der Waals surface area (Å²) in [6.07, 6.45) is 6.24. The smallest absolute Gasteiger partial charge is 0.191 e. The molecule has 132 valence electrons. The number of guanidine groups is 1. The quantitative estimate of drug-likeness (QED) is 0.231. The Morgan fingerprint density at radius 2 is 1.86 bits per heavy atom. The zero-order valence-electron chi connectivity index (χ0n) is 14.4. The molecule has 0 spiro atoms. The van der Waals surface area contributed by atoms with E-state index in [0.717, 1.165) is 45.2 Å². The summed E-state index contributed by atoms with van der Waals surface area (Å²) in [5, 5.41) is 6.71. The summed E-state index contributed by atoms with van der Waals surface area (Å²) in [4.78, 5) is 7.14. The average molecular weight is 426 g/mol. The summed E-state index contributed by atoms with van der Waals surface area (Å²) in [5.41, 5.74) is 0. The maximum atomic E-state index is 5.32. The molecular weight excluding hydrogens is 391 g/mol. The third-order valence-corrected chi connectivity index (χ3v) is 3.66. The third-order valence-electron chi connectivity index (χ3n) is 3.66. The minimum absolute atomic E-state index is 0. The average Bonchev–Trinajstić information content (AvgIpc) is 3.00. The lowest BCUT2D eigenvalue weighted by Gasteiger charge is -2.15. The van der Waals surface area contributed by atoms with E-state index in [4.69, 9.17) is 4.74 Å². The summed E-state index contributed by atoms with van der Waals surface area (Å²) in [6, 6.07) is 0. The van der Waals surface area contributed by atoms with Gasteiger partial charge in [-0.05, 0) is 65.6 Å². The molecular formula is C16H35IN4O. The molecule has 5 nitrogen and oxygen atoms in total. The third kappa shape index (κ3) is 11.5. The van der Waals surface area contributed by atoms with Gasteiger partial charge >= 0.3 is 0 Å². The number of likely N-dealkylation sites (tertiary alicyclic amines) is 1. The molecule has 1 aliphatic heterocycles. The van der Waals surface area contributed by atoms with Crippen molar-refractivity contribution in [2.75, 3.05) is 52.5 Å². The number of nitrogens with one attached hydrogen (secondary N) is 2. The van der Waals surface area contributed by atoms with Gasteiger partial charge in [0.1, 0.15) is 0 Å². The molecule has 1 fully saturated rings. The SMILES string of the molecule is CCNC(=NCCCOCC)NCCCCN1CCCC1.I. The van der Waals surface area contributed by atoms with Crippen molar-refractivity contribution < 1.29 is 4.74 Å². The molecule has 0 aliphatic carbocycles. The molecule has 6 heteroatoms. The molecule has 2 N–H and O–H groups in total. The van der Waals surface area contributed by atoms with Crippen LogP contribution >= 0.6 is 24.0 Å². The van der Waals surface area contributed by atoms with Gasteiger partial charge in [0, 0.05) is 32.8 Å². The van der Waals surface area contributed by atoms with Gasteiger partial charge < -0.3 is 20.3 Å². The van der Waals surface area contributed by atoms with Crippen molar-refractivity contribution in [3.63, 3.8) is 0 Å². The predicted octanol–water partition coefficient (Wildman–Crippen LogP) is 2.46. The first-order valence-corrected chi connectivity index (χ1v) is 8.69. The lowest BCUT2D eigenvalue weighted by molar-refractivity contribution is 0.146. The van der Waals surface area contributed by atoms with E-state index < -0.39 is 0 Å². The molecule has 0 amide bonds. The van der Waals surface area contributed by atoms with Crippen molar-refractivity contribution >= 4 is 29.9 Å². The van der Waals surface area contributed by atoms with E-state index in [0.29, 0.717) is 0 Å². The van der Waals surface area contributed by atoms with Crippen LogP contribution in [0.5, 0.6) is 0 Å². The highest BCUT2D eigenvalue weighted by molar-refractivity contribution is 14.0. The van der Waals surface area contributed by atoms with Crippen molar-refractivity contribution in [3.05, 3.63) is 0 Å². The monoisotopic (exact) mass is 426 g/mol. The number of unbranched alkanes of at least 4 members (excludes halogenated alkanes) is 1. The minimum atomic E-state index is 0. The minimum Gasteiger partial charge on any atom is -0.382 e. The molecule has 0 atom stereocenters. The lowest BCUT2D eigenvalue weighted by Crippen LogP contribution is -2.38. The maximum absolute atomic E-state index is 5.32. The summed E-state index contributed by atoms with van der Waals surface area (Å²) < 4.78 is 5.32. The fraction of sp³-hybridized carbons (Fsp3) is 0.938. The van der Waals surface area contributed by atoms with Gasteiger partial charge in [-0.1, -0.05) is 0 Å². The molecule has 1 aliphatic rings. The Morgan fingerprint density at radius 3 is 2.55 bits per heavy atom. The number of ether oxygens (including phenoxy) is 1. The highest BCUT2D eigenvalue weighted by atomic mass is 127. The molecule has 0 saturated carbocycles. The zero-order chi connectivity index (χ0) is 15.2. The van der Waals surface area contributed by atoms with Gasteiger partial charge in [0.25, 0.3) is 0 Å². The van der Waals surface area contributed by atoms with E-state index in [2.05, 4.69) is 27.4 Å². The van der Waals surface area contributed by atoms with Crippen LogP contribution in [0.3, 0.4) is 0 Å². The standard InChI is InChI=1S/C16H34N4O.HI/c1-3-17-16(19-11-9-15-21-4-2)18-10-5-6-12-20-13-7-8-14-20;/h3-15H2,1-2H3,(H2,17,18,19);1H. The summed E-state index contributed by atoms with van der Waals surface area (Å²) in [5.74, 6) is 0.940. The van der Waals surface area contributed by atoms with Crippen LogP contribution in [-0.4, -0.2) is 63.3 Å². The van der Waals surface area contributed by atoms with Gasteiger partial charge in [0.05, 0.1) is 0 Å². The zero-order valence-corrected chi connectivity index (χ0v) is 16.7. The van der Waals surface area contributed by atoms with E-state index in [1.807, 2.05) is 6.92 Å². The van der Waals surface area contributed by atoms with E-state index in [-0.39, 0.29) is 24.0 Å². The highest BCUT2D eigenvalue weighted by Crippen LogP contribution is 2.07. The number of hydrogen-bond donors (Lipinski definition) is 2. The Hall–Kier alpha value is -0.0800. The van der Waals surface area contributed by atoms with Gasteiger partial charge in [0.2, 0.25) is 0 Å². The van der Waals surface area contributed by atoms with Crippen molar-refractivity contribution in [3.8, 4) is 0 Å². The second kappa shape index (κ2) is 15.8. The van der Waals surface area contributed by atoms with E-state index in [1.165, 1.54) is 45.3 Å². The summed E-state index contributed by atoms with van der Waals surface area (Å²) >= 11 is 0. The van der Waals surface area contributed by atoms with E-state index in [1.54, 1.807) is 0 Å². The number of halogens is 1. The van der Waals surface area contributed by atoms with E-state index >= 15 is 0 Å². The molecule has 0 aromatic rings. The van der Waals surface area contributed by atoms with Gasteiger partial charge in [-0.15, -0.1) is 24.0 Å². The van der Waals surface area contributed by atoms with Gasteiger partial charge in [-0.25, -0.2) is 0 Å². The number of rotatable bonds is 11. The predicted molar refractivity (Wildman–Crippen MR) is 105 cm³/mol. The van der Waals surface area contributed by atoms with E-state index in [9.17, 15) is 0 Å². The molecule has 1 heterocycles.